The molecule has 8 atom stereocenters. The fourth-order valence-corrected chi connectivity index (χ4v) is 6.12. The predicted octanol–water partition coefficient (Wildman–Crippen LogP) is 2.75. The van der Waals surface area contributed by atoms with Gasteiger partial charge in [0.15, 0.2) is 6.29 Å². The fourth-order valence-electron chi connectivity index (χ4n) is 6.12. The molecule has 3 aliphatic heterocycles. The maximum absolute atomic E-state index is 13.0. The molecule has 33 heavy (non-hydrogen) atoms. The van der Waals surface area contributed by atoms with Crippen LogP contribution in [0.1, 0.15) is 65.2 Å². The zero-order valence-corrected chi connectivity index (χ0v) is 19.7. The van der Waals surface area contributed by atoms with E-state index in [1.807, 2.05) is 13.8 Å². The number of nitrogens with zero attached hydrogens (tertiary/aromatic N) is 1. The molecule has 2 aliphatic carbocycles. The lowest BCUT2D eigenvalue weighted by atomic mass is 9.74. The highest BCUT2D eigenvalue weighted by Crippen LogP contribution is 2.46. The van der Waals surface area contributed by atoms with Crippen molar-refractivity contribution in [2.75, 3.05) is 13.2 Å². The van der Waals surface area contributed by atoms with Crippen LogP contribution in [0.5, 0.6) is 0 Å². The highest BCUT2D eigenvalue weighted by molar-refractivity contribution is 5.85. The van der Waals surface area contributed by atoms with Crippen LogP contribution >= 0.6 is 0 Å². The number of ether oxygens (including phenoxy) is 3. The first kappa shape index (κ1) is 24.2. The van der Waals surface area contributed by atoms with Gasteiger partial charge in [-0.3, -0.25) is 14.4 Å². The average molecular weight is 461 g/mol. The largest absolute Gasteiger partial charge is 0.462 e. The Morgan fingerprint density at radius 2 is 1.97 bits per heavy atom. The average Bonchev–Trinajstić information content (AvgIpc) is 3.27. The lowest BCUT2D eigenvalue weighted by molar-refractivity contribution is -0.165. The SMILES string of the molecule is CC(C)C[C@H](CC(=O)O[C@H]1C2CCC3C1CO[C@@H]3OC2)C(=O)N[C@H](C#N)C[C@@H]1CCCC1=O. The normalized spacial score (nSPS) is 34.5. The smallest absolute Gasteiger partial charge is 0.306 e. The van der Waals surface area contributed by atoms with Gasteiger partial charge in [-0.1, -0.05) is 13.8 Å². The van der Waals surface area contributed by atoms with Crippen LogP contribution in [0, 0.1) is 46.8 Å². The van der Waals surface area contributed by atoms with Gasteiger partial charge in [0.25, 0.3) is 0 Å². The van der Waals surface area contributed by atoms with Crippen LogP contribution in [0.3, 0.4) is 0 Å². The number of rotatable bonds is 9. The molecule has 5 fully saturated rings. The van der Waals surface area contributed by atoms with Gasteiger partial charge in [0.1, 0.15) is 17.9 Å². The van der Waals surface area contributed by atoms with Gasteiger partial charge in [-0.25, -0.2) is 0 Å². The third-order valence-electron chi connectivity index (χ3n) is 7.82. The minimum Gasteiger partial charge on any atom is -0.462 e. The zero-order valence-electron chi connectivity index (χ0n) is 19.7. The standard InChI is InChI=1S/C25H36N2O6/c1-14(2)8-17(24(30)27-18(11-26)9-15-4-3-5-21(15)28)10-22(29)33-23-16-6-7-19-20(23)13-32-25(19)31-12-16/h14-20,23,25H,3-10,12-13H2,1-2H3,(H,27,30)/t15-,16?,17+,18-,19?,20?,23-,25-/m0/s1. The zero-order chi connectivity index (χ0) is 23.5. The molecule has 5 aliphatic rings. The third-order valence-corrected chi connectivity index (χ3v) is 7.82. The first-order chi connectivity index (χ1) is 15.9. The minimum absolute atomic E-state index is 0.0176. The van der Waals surface area contributed by atoms with Crippen LogP contribution < -0.4 is 5.32 Å². The van der Waals surface area contributed by atoms with E-state index in [4.69, 9.17) is 14.2 Å². The van der Waals surface area contributed by atoms with Crippen LogP contribution in [0.2, 0.25) is 0 Å². The van der Waals surface area contributed by atoms with Crippen molar-refractivity contribution in [1.29, 1.82) is 5.26 Å². The summed E-state index contributed by atoms with van der Waals surface area (Å²) in [7, 11) is 0. The van der Waals surface area contributed by atoms with Crippen LogP contribution in [-0.4, -0.2) is 49.3 Å². The van der Waals surface area contributed by atoms with Crippen molar-refractivity contribution in [3.05, 3.63) is 0 Å². The van der Waals surface area contributed by atoms with E-state index in [1.165, 1.54) is 0 Å². The van der Waals surface area contributed by atoms with Gasteiger partial charge in [0.05, 0.1) is 25.7 Å². The number of Topliss-reactive ketones (excluding diaryl/α,β-unsaturated/α-hetero) is 1. The maximum atomic E-state index is 13.0. The number of esters is 1. The second kappa shape index (κ2) is 10.5. The molecule has 3 saturated heterocycles. The van der Waals surface area contributed by atoms with E-state index in [-0.39, 0.29) is 66.1 Å². The van der Waals surface area contributed by atoms with Gasteiger partial charge in [0, 0.05) is 36.0 Å². The molecule has 3 heterocycles. The molecule has 0 spiro atoms. The van der Waals surface area contributed by atoms with E-state index in [9.17, 15) is 19.6 Å². The van der Waals surface area contributed by atoms with Crippen LogP contribution in [0.15, 0.2) is 0 Å². The summed E-state index contributed by atoms with van der Waals surface area (Å²) in [6, 6.07) is 1.40. The maximum Gasteiger partial charge on any atom is 0.306 e. The Kier molecular flexibility index (Phi) is 7.70. The van der Waals surface area contributed by atoms with Gasteiger partial charge in [-0.15, -0.1) is 0 Å². The summed E-state index contributed by atoms with van der Waals surface area (Å²) in [5, 5.41) is 12.3. The van der Waals surface area contributed by atoms with Crippen molar-refractivity contribution >= 4 is 17.7 Å². The van der Waals surface area contributed by atoms with Crippen molar-refractivity contribution in [2.24, 2.45) is 35.5 Å². The molecule has 4 bridgehead atoms. The molecular formula is C25H36N2O6. The molecule has 0 radical (unpaired) electrons. The Balaban J connectivity index is 1.35. The number of fused-ring (bicyclic) bond motifs is 2. The van der Waals surface area contributed by atoms with Crippen LogP contribution in [-0.2, 0) is 28.6 Å². The number of hydrogen-bond acceptors (Lipinski definition) is 7. The number of ketones is 1. The lowest BCUT2D eigenvalue weighted by Crippen LogP contribution is -2.43. The lowest BCUT2D eigenvalue weighted by Gasteiger charge is -2.35. The summed E-state index contributed by atoms with van der Waals surface area (Å²) in [5.74, 6) is -0.440. The van der Waals surface area contributed by atoms with E-state index in [2.05, 4.69) is 11.4 Å². The summed E-state index contributed by atoms with van der Waals surface area (Å²) in [6.45, 7) is 5.09. The van der Waals surface area contributed by atoms with Crippen LogP contribution in [0.4, 0.5) is 0 Å². The van der Waals surface area contributed by atoms with E-state index >= 15 is 0 Å². The Hall–Kier alpha value is -1.98. The number of amides is 1. The van der Waals surface area contributed by atoms with Crippen molar-refractivity contribution in [1.82, 2.24) is 5.32 Å². The molecule has 8 heteroatoms. The van der Waals surface area contributed by atoms with E-state index in [0.717, 1.165) is 25.7 Å². The second-order valence-corrected chi connectivity index (χ2v) is 10.7. The van der Waals surface area contributed by atoms with Gasteiger partial charge >= 0.3 is 5.97 Å². The number of carbonyl (C=O) groups excluding carboxylic acids is 3. The molecule has 2 saturated carbocycles. The number of nitriles is 1. The topological polar surface area (TPSA) is 115 Å². The Morgan fingerprint density at radius 1 is 1.18 bits per heavy atom. The molecule has 0 aromatic rings. The quantitative estimate of drug-likeness (QED) is 0.526. The summed E-state index contributed by atoms with van der Waals surface area (Å²) in [4.78, 5) is 38.0. The molecule has 5 rings (SSSR count). The van der Waals surface area contributed by atoms with Crippen molar-refractivity contribution in [3.8, 4) is 6.07 Å². The molecule has 1 amide bonds. The number of hydrogen-bond donors (Lipinski definition) is 1. The first-order valence-corrected chi connectivity index (χ1v) is 12.5. The second-order valence-electron chi connectivity index (χ2n) is 10.7. The summed E-state index contributed by atoms with van der Waals surface area (Å²) < 4.78 is 17.6. The fraction of sp³-hybridized carbons (Fsp3) is 0.840. The third kappa shape index (κ3) is 5.58. The Bertz CT molecular complexity index is 792. The molecular weight excluding hydrogens is 424 g/mol. The van der Waals surface area contributed by atoms with E-state index in [1.54, 1.807) is 0 Å². The van der Waals surface area contributed by atoms with Gasteiger partial charge in [-0.05, 0) is 44.4 Å². The summed E-state index contributed by atoms with van der Waals surface area (Å²) in [5.41, 5.74) is 0. The van der Waals surface area contributed by atoms with Gasteiger partial charge < -0.3 is 19.5 Å². The number of nitrogens with one attached hydrogen (secondary N) is 1. The van der Waals surface area contributed by atoms with Crippen LogP contribution in [0.25, 0.3) is 0 Å². The van der Waals surface area contributed by atoms with Crippen molar-refractivity contribution in [3.63, 3.8) is 0 Å². The Labute approximate surface area is 195 Å². The molecule has 182 valence electrons. The minimum atomic E-state index is -0.724. The Morgan fingerprint density at radius 3 is 2.67 bits per heavy atom. The molecule has 1 N–H and O–H groups in total. The highest BCUT2D eigenvalue weighted by atomic mass is 16.7. The molecule has 0 aromatic carbocycles. The summed E-state index contributed by atoms with van der Waals surface area (Å²) in [6.07, 6.45) is 4.60. The van der Waals surface area contributed by atoms with Gasteiger partial charge in [-0.2, -0.15) is 5.26 Å². The molecule has 3 unspecified atom stereocenters. The monoisotopic (exact) mass is 460 g/mol. The highest BCUT2D eigenvalue weighted by Gasteiger charge is 2.52. The van der Waals surface area contributed by atoms with E-state index < -0.39 is 12.0 Å². The summed E-state index contributed by atoms with van der Waals surface area (Å²) >= 11 is 0. The van der Waals surface area contributed by atoms with Crippen molar-refractivity contribution < 1.29 is 28.6 Å². The predicted molar refractivity (Wildman–Crippen MR) is 117 cm³/mol. The number of carbonyl (C=O) groups is 3. The van der Waals surface area contributed by atoms with Crippen molar-refractivity contribution in [2.45, 2.75) is 83.6 Å². The first-order valence-electron chi connectivity index (χ1n) is 12.5. The molecule has 8 nitrogen and oxygen atoms in total. The van der Waals surface area contributed by atoms with Gasteiger partial charge in [0.2, 0.25) is 5.91 Å². The van der Waals surface area contributed by atoms with E-state index in [0.29, 0.717) is 32.5 Å². The molecule has 0 aromatic heterocycles.